The van der Waals surface area contributed by atoms with E-state index in [9.17, 15) is 8.42 Å². The minimum absolute atomic E-state index is 0.143. The minimum Gasteiger partial charge on any atom is -0.314 e. The fourth-order valence-electron chi connectivity index (χ4n) is 2.44. The summed E-state index contributed by atoms with van der Waals surface area (Å²) in [4.78, 5) is 2.18. The number of piperazine rings is 1. The van der Waals surface area contributed by atoms with Crippen LogP contribution in [0.3, 0.4) is 0 Å². The van der Waals surface area contributed by atoms with E-state index in [4.69, 9.17) is 0 Å². The molecule has 1 aromatic rings. The van der Waals surface area contributed by atoms with E-state index in [0.29, 0.717) is 12.2 Å². The van der Waals surface area contributed by atoms with Gasteiger partial charge in [-0.1, -0.05) is 25.5 Å². The van der Waals surface area contributed by atoms with Gasteiger partial charge in [-0.3, -0.25) is 9.62 Å². The Morgan fingerprint density at radius 1 is 1.19 bits per heavy atom. The molecule has 1 aliphatic rings. The third kappa shape index (κ3) is 5.65. The van der Waals surface area contributed by atoms with Crippen LogP contribution in [0.5, 0.6) is 0 Å². The molecule has 0 aromatic heterocycles. The molecule has 0 saturated carbocycles. The topological polar surface area (TPSA) is 61.4 Å². The van der Waals surface area contributed by atoms with E-state index in [2.05, 4.69) is 21.9 Å². The summed E-state index contributed by atoms with van der Waals surface area (Å²) >= 11 is 0. The van der Waals surface area contributed by atoms with Crippen molar-refractivity contribution in [3.05, 3.63) is 29.8 Å². The monoisotopic (exact) mass is 311 g/mol. The number of sulfonamides is 1. The number of aryl methyl sites for hydroxylation is 1. The molecule has 1 saturated heterocycles. The molecule has 1 aromatic carbocycles. The molecule has 0 amide bonds. The van der Waals surface area contributed by atoms with Gasteiger partial charge in [0, 0.05) is 38.4 Å². The van der Waals surface area contributed by atoms with Gasteiger partial charge in [0.05, 0.1) is 5.75 Å². The van der Waals surface area contributed by atoms with Crippen LogP contribution >= 0.6 is 0 Å². The second-order valence-corrected chi connectivity index (χ2v) is 7.30. The van der Waals surface area contributed by atoms with Crippen LogP contribution in [-0.2, 0) is 16.4 Å². The number of anilines is 1. The second-order valence-electron chi connectivity index (χ2n) is 5.46. The van der Waals surface area contributed by atoms with E-state index in [-0.39, 0.29) is 5.75 Å². The highest BCUT2D eigenvalue weighted by Gasteiger charge is 2.15. The molecule has 0 bridgehead atoms. The molecule has 21 heavy (non-hydrogen) atoms. The summed E-state index contributed by atoms with van der Waals surface area (Å²) in [5.41, 5.74) is 1.89. The lowest BCUT2D eigenvalue weighted by atomic mass is 10.1. The van der Waals surface area contributed by atoms with Gasteiger partial charge in [0.25, 0.3) is 0 Å². The normalized spacial score (nSPS) is 16.8. The third-order valence-electron chi connectivity index (χ3n) is 3.65. The summed E-state index contributed by atoms with van der Waals surface area (Å²) in [7, 11) is -3.27. The lowest BCUT2D eigenvalue weighted by Gasteiger charge is -2.26. The molecule has 1 heterocycles. The molecule has 0 radical (unpaired) electrons. The number of benzene rings is 1. The predicted octanol–water partition coefficient (Wildman–Crippen LogP) is 1.29. The van der Waals surface area contributed by atoms with E-state index in [1.165, 1.54) is 5.56 Å². The standard InChI is InChI=1S/C15H25N3O2S/c1-2-3-14-4-6-15(7-5-14)17-21(19,20)13-12-18-10-8-16-9-11-18/h4-7,16-17H,2-3,8-13H2,1H3. The van der Waals surface area contributed by atoms with E-state index in [1.54, 1.807) is 0 Å². The van der Waals surface area contributed by atoms with Gasteiger partial charge in [-0.2, -0.15) is 0 Å². The zero-order valence-electron chi connectivity index (χ0n) is 12.6. The Morgan fingerprint density at radius 3 is 2.48 bits per heavy atom. The van der Waals surface area contributed by atoms with Crippen molar-refractivity contribution in [2.24, 2.45) is 0 Å². The van der Waals surface area contributed by atoms with Gasteiger partial charge >= 0.3 is 0 Å². The maximum absolute atomic E-state index is 12.1. The highest BCUT2D eigenvalue weighted by molar-refractivity contribution is 7.92. The lowest BCUT2D eigenvalue weighted by molar-refractivity contribution is 0.254. The minimum atomic E-state index is -3.27. The average Bonchev–Trinajstić information content (AvgIpc) is 2.48. The maximum Gasteiger partial charge on any atom is 0.233 e. The first kappa shape index (κ1) is 16.3. The van der Waals surface area contributed by atoms with Crippen molar-refractivity contribution in [2.45, 2.75) is 19.8 Å². The van der Waals surface area contributed by atoms with Gasteiger partial charge in [0.1, 0.15) is 0 Å². The van der Waals surface area contributed by atoms with Crippen LogP contribution in [0.2, 0.25) is 0 Å². The van der Waals surface area contributed by atoms with Crippen LogP contribution < -0.4 is 10.0 Å². The molecule has 118 valence electrons. The first-order valence-electron chi connectivity index (χ1n) is 7.61. The van der Waals surface area contributed by atoms with E-state index in [0.717, 1.165) is 39.0 Å². The van der Waals surface area contributed by atoms with Crippen LogP contribution in [-0.4, -0.2) is 51.8 Å². The van der Waals surface area contributed by atoms with Gasteiger partial charge in [-0.15, -0.1) is 0 Å². The number of rotatable bonds is 7. The molecule has 6 heteroatoms. The molecule has 2 N–H and O–H groups in total. The molecule has 1 fully saturated rings. The van der Waals surface area contributed by atoms with Crippen LogP contribution in [0.4, 0.5) is 5.69 Å². The molecular formula is C15H25N3O2S. The molecule has 2 rings (SSSR count). The molecule has 0 spiro atoms. The summed E-state index contributed by atoms with van der Waals surface area (Å²) in [6.45, 7) is 6.43. The Balaban J connectivity index is 1.84. The molecular weight excluding hydrogens is 286 g/mol. The second kappa shape index (κ2) is 7.77. The highest BCUT2D eigenvalue weighted by Crippen LogP contribution is 2.12. The quantitative estimate of drug-likeness (QED) is 0.796. The van der Waals surface area contributed by atoms with Gasteiger partial charge in [0.15, 0.2) is 0 Å². The predicted molar refractivity (Wildman–Crippen MR) is 87.2 cm³/mol. The molecule has 0 unspecified atom stereocenters. The Bertz CT molecular complexity index is 522. The van der Waals surface area contributed by atoms with Crippen molar-refractivity contribution in [3.63, 3.8) is 0 Å². The van der Waals surface area contributed by atoms with E-state index >= 15 is 0 Å². The molecule has 0 atom stereocenters. The fraction of sp³-hybridized carbons (Fsp3) is 0.600. The SMILES string of the molecule is CCCc1ccc(NS(=O)(=O)CCN2CCNCC2)cc1. The van der Waals surface area contributed by atoms with Gasteiger partial charge in [0.2, 0.25) is 10.0 Å². The van der Waals surface area contributed by atoms with Crippen LogP contribution in [0, 0.1) is 0 Å². The molecule has 1 aliphatic heterocycles. The average molecular weight is 311 g/mol. The zero-order valence-corrected chi connectivity index (χ0v) is 13.5. The van der Waals surface area contributed by atoms with Crippen molar-refractivity contribution < 1.29 is 8.42 Å². The van der Waals surface area contributed by atoms with Crippen LogP contribution in [0.25, 0.3) is 0 Å². The van der Waals surface area contributed by atoms with Gasteiger partial charge < -0.3 is 5.32 Å². The number of nitrogens with zero attached hydrogens (tertiary/aromatic N) is 1. The van der Waals surface area contributed by atoms with E-state index < -0.39 is 10.0 Å². The summed E-state index contributed by atoms with van der Waals surface area (Å²) in [6.07, 6.45) is 2.12. The fourth-order valence-corrected chi connectivity index (χ4v) is 3.54. The third-order valence-corrected chi connectivity index (χ3v) is 4.92. The Hall–Kier alpha value is -1.11. The first-order chi connectivity index (χ1) is 10.1. The Kier molecular flexibility index (Phi) is 6.02. The van der Waals surface area contributed by atoms with Crippen LogP contribution in [0.1, 0.15) is 18.9 Å². The zero-order chi connectivity index (χ0) is 15.1. The summed E-state index contributed by atoms with van der Waals surface area (Å²) < 4.78 is 26.9. The van der Waals surface area contributed by atoms with E-state index in [1.807, 2.05) is 24.3 Å². The number of hydrogen-bond donors (Lipinski definition) is 2. The Morgan fingerprint density at radius 2 is 1.86 bits per heavy atom. The van der Waals surface area contributed by atoms with Crippen molar-refractivity contribution in [1.29, 1.82) is 0 Å². The largest absolute Gasteiger partial charge is 0.314 e. The summed E-state index contributed by atoms with van der Waals surface area (Å²) in [5.74, 6) is 0.143. The molecule has 5 nitrogen and oxygen atoms in total. The number of nitrogens with one attached hydrogen (secondary N) is 2. The first-order valence-corrected chi connectivity index (χ1v) is 9.27. The van der Waals surface area contributed by atoms with Crippen molar-refractivity contribution in [3.8, 4) is 0 Å². The highest BCUT2D eigenvalue weighted by atomic mass is 32.2. The van der Waals surface area contributed by atoms with Gasteiger partial charge in [-0.25, -0.2) is 8.42 Å². The summed E-state index contributed by atoms with van der Waals surface area (Å²) in [6, 6.07) is 7.65. The lowest BCUT2D eigenvalue weighted by Crippen LogP contribution is -2.45. The van der Waals surface area contributed by atoms with Crippen LogP contribution in [0.15, 0.2) is 24.3 Å². The smallest absolute Gasteiger partial charge is 0.233 e. The van der Waals surface area contributed by atoms with Crippen molar-refractivity contribution in [2.75, 3.05) is 43.2 Å². The molecule has 0 aliphatic carbocycles. The van der Waals surface area contributed by atoms with Gasteiger partial charge in [-0.05, 0) is 24.1 Å². The summed E-state index contributed by atoms with van der Waals surface area (Å²) in [5, 5.41) is 3.26. The Labute approximate surface area is 127 Å². The number of hydrogen-bond acceptors (Lipinski definition) is 4. The van der Waals surface area contributed by atoms with Crippen molar-refractivity contribution >= 4 is 15.7 Å². The maximum atomic E-state index is 12.1. The van der Waals surface area contributed by atoms with Crippen molar-refractivity contribution in [1.82, 2.24) is 10.2 Å².